The fourth-order valence-corrected chi connectivity index (χ4v) is 2.21. The lowest BCUT2D eigenvalue weighted by atomic mass is 9.99. The maximum atomic E-state index is 5.65. The lowest BCUT2D eigenvalue weighted by Crippen LogP contribution is -2.51. The lowest BCUT2D eigenvalue weighted by molar-refractivity contribution is 0.0127. The summed E-state index contributed by atoms with van der Waals surface area (Å²) >= 11 is 0. The fraction of sp³-hybridized carbons (Fsp3) is 0.600. The number of rotatable bonds is 5. The highest BCUT2D eigenvalue weighted by molar-refractivity contribution is 5.29. The molecule has 2 rings (SSSR count). The van der Waals surface area contributed by atoms with E-state index in [9.17, 15) is 0 Å². The Labute approximate surface area is 115 Å². The van der Waals surface area contributed by atoms with Gasteiger partial charge in [-0.25, -0.2) is 0 Å². The van der Waals surface area contributed by atoms with Gasteiger partial charge in [-0.1, -0.05) is 12.1 Å². The number of ether oxygens (including phenoxy) is 3. The molecule has 106 valence electrons. The number of hydrogen-bond donors (Lipinski definition) is 1. The van der Waals surface area contributed by atoms with Gasteiger partial charge in [-0.3, -0.25) is 0 Å². The highest BCUT2D eigenvalue weighted by Crippen LogP contribution is 2.24. The molecule has 1 aromatic carbocycles. The summed E-state index contributed by atoms with van der Waals surface area (Å²) in [5, 5.41) is 3.59. The minimum absolute atomic E-state index is 0.0244. The van der Waals surface area contributed by atoms with Crippen LogP contribution in [0.5, 0.6) is 5.75 Å². The van der Waals surface area contributed by atoms with Gasteiger partial charge in [0.1, 0.15) is 12.4 Å². The van der Waals surface area contributed by atoms with E-state index < -0.39 is 0 Å². The number of nitrogens with one attached hydrogen (secondary N) is 1. The Bertz CT molecular complexity index is 389. The van der Waals surface area contributed by atoms with Crippen molar-refractivity contribution in [3.05, 3.63) is 29.8 Å². The summed E-state index contributed by atoms with van der Waals surface area (Å²) in [5.41, 5.74) is 1.25. The second-order valence-corrected chi connectivity index (χ2v) is 5.51. The van der Waals surface area contributed by atoms with Crippen molar-refractivity contribution in [3.8, 4) is 5.75 Å². The van der Waals surface area contributed by atoms with Gasteiger partial charge < -0.3 is 19.5 Å². The van der Waals surface area contributed by atoms with E-state index in [2.05, 4.69) is 31.3 Å². The van der Waals surface area contributed by atoms with Crippen LogP contribution in [0.15, 0.2) is 24.3 Å². The normalized spacial score (nSPS) is 22.2. The molecule has 1 atom stereocenters. The van der Waals surface area contributed by atoms with Crippen LogP contribution in [0.3, 0.4) is 0 Å². The van der Waals surface area contributed by atoms with Crippen molar-refractivity contribution in [2.45, 2.75) is 25.4 Å². The SMILES string of the molecule is COCCOc1ccc(C2COCC(C)(C)N2)cc1. The third-order valence-corrected chi connectivity index (χ3v) is 3.15. The molecule has 1 aliphatic heterocycles. The molecule has 1 unspecified atom stereocenters. The Morgan fingerprint density at radius 1 is 1.26 bits per heavy atom. The summed E-state index contributed by atoms with van der Waals surface area (Å²) in [5.74, 6) is 0.872. The Morgan fingerprint density at radius 3 is 2.63 bits per heavy atom. The van der Waals surface area contributed by atoms with Crippen molar-refractivity contribution in [2.75, 3.05) is 33.5 Å². The number of benzene rings is 1. The summed E-state index contributed by atoms with van der Waals surface area (Å²) in [7, 11) is 1.67. The molecular weight excluding hydrogens is 242 g/mol. The van der Waals surface area contributed by atoms with Gasteiger partial charge in [0.25, 0.3) is 0 Å². The first-order chi connectivity index (χ1) is 9.11. The van der Waals surface area contributed by atoms with E-state index in [1.54, 1.807) is 7.11 Å². The van der Waals surface area contributed by atoms with Gasteiger partial charge in [-0.2, -0.15) is 0 Å². The number of methoxy groups -OCH3 is 1. The maximum Gasteiger partial charge on any atom is 0.119 e. The summed E-state index contributed by atoms with van der Waals surface area (Å²) in [6, 6.07) is 8.41. The largest absolute Gasteiger partial charge is 0.491 e. The van der Waals surface area contributed by atoms with Gasteiger partial charge in [0.05, 0.1) is 25.9 Å². The highest BCUT2D eigenvalue weighted by Gasteiger charge is 2.28. The lowest BCUT2D eigenvalue weighted by Gasteiger charge is -2.37. The van der Waals surface area contributed by atoms with Gasteiger partial charge in [0, 0.05) is 12.6 Å². The number of morpholine rings is 1. The van der Waals surface area contributed by atoms with Crippen LogP contribution in [0.25, 0.3) is 0 Å². The molecule has 1 fully saturated rings. The Morgan fingerprint density at radius 2 is 2.00 bits per heavy atom. The Balaban J connectivity index is 1.94. The molecule has 0 aliphatic carbocycles. The van der Waals surface area contributed by atoms with Crippen molar-refractivity contribution in [1.29, 1.82) is 0 Å². The average molecular weight is 265 g/mol. The molecule has 0 bridgehead atoms. The van der Waals surface area contributed by atoms with Crippen LogP contribution >= 0.6 is 0 Å². The Hall–Kier alpha value is -1.10. The smallest absolute Gasteiger partial charge is 0.119 e. The van der Waals surface area contributed by atoms with Crippen molar-refractivity contribution in [2.24, 2.45) is 0 Å². The van der Waals surface area contributed by atoms with Gasteiger partial charge in [-0.05, 0) is 31.5 Å². The molecule has 1 N–H and O–H groups in total. The molecule has 0 spiro atoms. The summed E-state index contributed by atoms with van der Waals surface area (Å²) in [6.07, 6.45) is 0. The summed E-state index contributed by atoms with van der Waals surface area (Å²) in [6.45, 7) is 6.96. The van der Waals surface area contributed by atoms with E-state index in [4.69, 9.17) is 14.2 Å². The quantitative estimate of drug-likeness (QED) is 0.828. The first-order valence-electron chi connectivity index (χ1n) is 6.68. The van der Waals surface area contributed by atoms with E-state index in [0.717, 1.165) is 12.4 Å². The maximum absolute atomic E-state index is 5.65. The molecule has 4 heteroatoms. The molecular formula is C15H23NO3. The molecule has 0 saturated carbocycles. The molecule has 1 heterocycles. The molecule has 0 amide bonds. The van der Waals surface area contributed by atoms with E-state index in [0.29, 0.717) is 19.8 Å². The van der Waals surface area contributed by atoms with Crippen LogP contribution in [0.4, 0.5) is 0 Å². The fourth-order valence-electron chi connectivity index (χ4n) is 2.21. The van der Waals surface area contributed by atoms with Crippen LogP contribution in [-0.2, 0) is 9.47 Å². The van der Waals surface area contributed by atoms with Gasteiger partial charge in [-0.15, -0.1) is 0 Å². The molecule has 0 radical (unpaired) electrons. The van der Waals surface area contributed by atoms with E-state index in [1.807, 2.05) is 12.1 Å². The second-order valence-electron chi connectivity index (χ2n) is 5.51. The van der Waals surface area contributed by atoms with Crippen LogP contribution in [0, 0.1) is 0 Å². The van der Waals surface area contributed by atoms with Crippen LogP contribution < -0.4 is 10.1 Å². The van der Waals surface area contributed by atoms with Crippen molar-refractivity contribution < 1.29 is 14.2 Å². The first kappa shape index (κ1) is 14.3. The predicted octanol–water partition coefficient (Wildman–Crippen LogP) is 2.15. The average Bonchev–Trinajstić information content (AvgIpc) is 2.39. The predicted molar refractivity (Wildman–Crippen MR) is 74.6 cm³/mol. The van der Waals surface area contributed by atoms with Gasteiger partial charge >= 0.3 is 0 Å². The zero-order valence-electron chi connectivity index (χ0n) is 11.9. The Kier molecular flexibility index (Phi) is 4.80. The first-order valence-corrected chi connectivity index (χ1v) is 6.68. The third-order valence-electron chi connectivity index (χ3n) is 3.15. The highest BCUT2D eigenvalue weighted by atomic mass is 16.5. The van der Waals surface area contributed by atoms with E-state index in [-0.39, 0.29) is 11.6 Å². The minimum atomic E-state index is 0.0244. The van der Waals surface area contributed by atoms with Crippen LogP contribution in [0.1, 0.15) is 25.5 Å². The molecule has 4 nitrogen and oxygen atoms in total. The van der Waals surface area contributed by atoms with E-state index >= 15 is 0 Å². The van der Waals surface area contributed by atoms with Gasteiger partial charge in [0.15, 0.2) is 0 Å². The van der Waals surface area contributed by atoms with Crippen LogP contribution in [-0.4, -0.2) is 39.1 Å². The zero-order valence-corrected chi connectivity index (χ0v) is 11.9. The van der Waals surface area contributed by atoms with Crippen LogP contribution in [0.2, 0.25) is 0 Å². The van der Waals surface area contributed by atoms with E-state index in [1.165, 1.54) is 5.56 Å². The van der Waals surface area contributed by atoms with Crippen molar-refractivity contribution in [3.63, 3.8) is 0 Å². The topological polar surface area (TPSA) is 39.7 Å². The monoisotopic (exact) mass is 265 g/mol. The molecule has 0 aromatic heterocycles. The zero-order chi connectivity index (χ0) is 13.7. The summed E-state index contributed by atoms with van der Waals surface area (Å²) in [4.78, 5) is 0. The number of hydrogen-bond acceptors (Lipinski definition) is 4. The third kappa shape index (κ3) is 4.20. The molecule has 19 heavy (non-hydrogen) atoms. The minimum Gasteiger partial charge on any atom is -0.491 e. The van der Waals surface area contributed by atoms with Gasteiger partial charge in [0.2, 0.25) is 0 Å². The molecule has 1 aliphatic rings. The molecule has 1 aromatic rings. The summed E-state index contributed by atoms with van der Waals surface area (Å²) < 4.78 is 16.2. The van der Waals surface area contributed by atoms with Crippen molar-refractivity contribution in [1.82, 2.24) is 5.32 Å². The second kappa shape index (κ2) is 6.37. The standard InChI is InChI=1S/C15H23NO3/c1-15(2)11-18-10-14(16-15)12-4-6-13(7-5-12)19-9-8-17-3/h4-7,14,16H,8-11H2,1-3H3. The molecule has 1 saturated heterocycles. The van der Waals surface area contributed by atoms with Crippen molar-refractivity contribution >= 4 is 0 Å².